The highest BCUT2D eigenvalue weighted by molar-refractivity contribution is 5.93. The van der Waals surface area contributed by atoms with Crippen molar-refractivity contribution in [2.24, 2.45) is 5.73 Å². The molecule has 0 spiro atoms. The van der Waals surface area contributed by atoms with Crippen molar-refractivity contribution in [2.45, 2.75) is 6.42 Å². The molecule has 0 fully saturated rings. The van der Waals surface area contributed by atoms with Gasteiger partial charge in [-0.25, -0.2) is 9.18 Å². The van der Waals surface area contributed by atoms with E-state index < -0.39 is 5.91 Å². The standard InChI is InChI=1S/C29H23FN4O2/c30-25-11-4-20(5-12-25)3-6-24-18-26(34-29(36)33-17-15-21-2-1-16-32-19-21)13-14-27(24)22-7-9-23(10-8-22)28(31)35/h1-2,4-5,7-14,16,18-19H,15,17H2,(H2,31,35)(H2,33,34,36). The molecule has 0 aliphatic heterocycles. The molecule has 4 aromatic rings. The highest BCUT2D eigenvalue weighted by atomic mass is 19.1. The molecule has 0 unspecified atom stereocenters. The number of carbonyl (C=O) groups is 2. The Hall–Kier alpha value is -4.96. The quantitative estimate of drug-likeness (QED) is 0.349. The minimum Gasteiger partial charge on any atom is -0.366 e. The number of urea groups is 1. The molecule has 0 radical (unpaired) electrons. The Labute approximate surface area is 208 Å². The zero-order valence-electron chi connectivity index (χ0n) is 19.3. The van der Waals surface area contributed by atoms with Crippen molar-refractivity contribution in [3.8, 4) is 23.0 Å². The van der Waals surface area contributed by atoms with Crippen LogP contribution >= 0.6 is 0 Å². The average molecular weight is 479 g/mol. The molecule has 3 aromatic carbocycles. The van der Waals surface area contributed by atoms with Crippen LogP contribution in [0.2, 0.25) is 0 Å². The van der Waals surface area contributed by atoms with Crippen LogP contribution in [0.1, 0.15) is 27.0 Å². The number of carbonyl (C=O) groups excluding carboxylic acids is 2. The normalized spacial score (nSPS) is 10.1. The van der Waals surface area contributed by atoms with Crippen LogP contribution < -0.4 is 16.4 Å². The van der Waals surface area contributed by atoms with Gasteiger partial charge < -0.3 is 16.4 Å². The van der Waals surface area contributed by atoms with Crippen molar-refractivity contribution >= 4 is 17.6 Å². The van der Waals surface area contributed by atoms with Gasteiger partial charge in [-0.3, -0.25) is 9.78 Å². The second-order valence-electron chi connectivity index (χ2n) is 7.95. The molecule has 36 heavy (non-hydrogen) atoms. The number of rotatable bonds is 6. The summed E-state index contributed by atoms with van der Waals surface area (Å²) in [6, 6.07) is 21.6. The Morgan fingerprint density at radius 2 is 1.72 bits per heavy atom. The van der Waals surface area contributed by atoms with Crippen LogP contribution in [-0.4, -0.2) is 23.5 Å². The smallest absolute Gasteiger partial charge is 0.319 e. The number of primary amides is 1. The molecule has 0 saturated carbocycles. The summed E-state index contributed by atoms with van der Waals surface area (Å²) in [5.41, 5.74) is 10.3. The Morgan fingerprint density at radius 3 is 2.42 bits per heavy atom. The van der Waals surface area contributed by atoms with E-state index in [9.17, 15) is 14.0 Å². The Kier molecular flexibility index (Phi) is 7.69. The maximum atomic E-state index is 13.3. The second kappa shape index (κ2) is 11.4. The maximum Gasteiger partial charge on any atom is 0.319 e. The molecule has 4 N–H and O–H groups in total. The molecule has 1 aromatic heterocycles. The highest BCUT2D eigenvalue weighted by Crippen LogP contribution is 2.27. The first-order valence-electron chi connectivity index (χ1n) is 11.2. The summed E-state index contributed by atoms with van der Waals surface area (Å²) < 4.78 is 13.3. The van der Waals surface area contributed by atoms with E-state index in [1.165, 1.54) is 12.1 Å². The third-order valence-corrected chi connectivity index (χ3v) is 5.37. The minimum absolute atomic E-state index is 0.337. The maximum absolute atomic E-state index is 13.3. The van der Waals surface area contributed by atoms with E-state index in [-0.39, 0.29) is 11.8 Å². The lowest BCUT2D eigenvalue weighted by Crippen LogP contribution is -2.30. The fourth-order valence-electron chi connectivity index (χ4n) is 3.51. The second-order valence-corrected chi connectivity index (χ2v) is 7.95. The van der Waals surface area contributed by atoms with Gasteiger partial charge in [0.15, 0.2) is 0 Å². The highest BCUT2D eigenvalue weighted by Gasteiger charge is 2.09. The number of halogens is 1. The van der Waals surface area contributed by atoms with Crippen LogP contribution in [0.25, 0.3) is 11.1 Å². The fourth-order valence-corrected chi connectivity index (χ4v) is 3.51. The summed E-state index contributed by atoms with van der Waals surface area (Å²) in [6.45, 7) is 0.457. The van der Waals surface area contributed by atoms with Gasteiger partial charge in [0.25, 0.3) is 0 Å². The van der Waals surface area contributed by atoms with Gasteiger partial charge in [-0.1, -0.05) is 36.1 Å². The van der Waals surface area contributed by atoms with Gasteiger partial charge in [0.1, 0.15) is 5.82 Å². The molecular weight excluding hydrogens is 455 g/mol. The van der Waals surface area contributed by atoms with Crippen LogP contribution in [-0.2, 0) is 6.42 Å². The van der Waals surface area contributed by atoms with E-state index in [2.05, 4.69) is 27.5 Å². The number of nitrogens with one attached hydrogen (secondary N) is 2. The monoisotopic (exact) mass is 478 g/mol. The summed E-state index contributed by atoms with van der Waals surface area (Å²) in [6.07, 6.45) is 4.13. The molecule has 6 nitrogen and oxygen atoms in total. The molecule has 7 heteroatoms. The number of benzene rings is 3. The van der Waals surface area contributed by atoms with E-state index in [0.29, 0.717) is 35.3 Å². The molecule has 1 heterocycles. The first-order valence-corrected chi connectivity index (χ1v) is 11.2. The summed E-state index contributed by atoms with van der Waals surface area (Å²) >= 11 is 0. The van der Waals surface area contributed by atoms with Crippen molar-refractivity contribution in [2.75, 3.05) is 11.9 Å². The Morgan fingerprint density at radius 1 is 0.944 bits per heavy atom. The van der Waals surface area contributed by atoms with Crippen molar-refractivity contribution in [1.29, 1.82) is 0 Å². The van der Waals surface area contributed by atoms with Gasteiger partial charge in [0.2, 0.25) is 5.91 Å². The van der Waals surface area contributed by atoms with E-state index in [0.717, 1.165) is 16.7 Å². The SMILES string of the molecule is NC(=O)c1ccc(-c2ccc(NC(=O)NCCc3cccnc3)cc2C#Cc2ccc(F)cc2)cc1. The summed E-state index contributed by atoms with van der Waals surface area (Å²) in [5, 5.41) is 5.66. The number of anilines is 1. The van der Waals surface area contributed by atoms with Gasteiger partial charge in [-0.05, 0) is 77.7 Å². The lowest BCUT2D eigenvalue weighted by atomic mass is 9.98. The number of hydrogen-bond acceptors (Lipinski definition) is 3. The average Bonchev–Trinajstić information content (AvgIpc) is 2.89. The predicted octanol–water partition coefficient (Wildman–Crippen LogP) is 4.75. The number of nitrogens with two attached hydrogens (primary N) is 1. The summed E-state index contributed by atoms with van der Waals surface area (Å²) in [5.74, 6) is 5.31. The zero-order valence-corrected chi connectivity index (χ0v) is 19.3. The lowest BCUT2D eigenvalue weighted by Gasteiger charge is -2.11. The summed E-state index contributed by atoms with van der Waals surface area (Å²) in [7, 11) is 0. The lowest BCUT2D eigenvalue weighted by molar-refractivity contribution is 0.1000. The molecule has 4 rings (SSSR count). The number of nitrogens with zero attached hydrogens (tertiary/aromatic N) is 1. The molecule has 178 valence electrons. The largest absolute Gasteiger partial charge is 0.366 e. The molecular formula is C29H23FN4O2. The van der Waals surface area contributed by atoms with Crippen LogP contribution in [0.5, 0.6) is 0 Å². The van der Waals surface area contributed by atoms with Crippen molar-refractivity contribution in [1.82, 2.24) is 10.3 Å². The summed E-state index contributed by atoms with van der Waals surface area (Å²) in [4.78, 5) is 27.9. The third kappa shape index (κ3) is 6.55. The van der Waals surface area contributed by atoms with E-state index >= 15 is 0 Å². The molecule has 0 bridgehead atoms. The van der Waals surface area contributed by atoms with Crippen LogP contribution in [0, 0.1) is 17.7 Å². The zero-order chi connectivity index (χ0) is 25.3. The Bertz CT molecular complexity index is 1420. The topological polar surface area (TPSA) is 97.1 Å². The van der Waals surface area contributed by atoms with Crippen molar-refractivity contribution in [3.05, 3.63) is 119 Å². The van der Waals surface area contributed by atoms with Gasteiger partial charge in [0, 0.05) is 41.3 Å². The number of hydrogen-bond donors (Lipinski definition) is 3. The molecule has 0 aliphatic carbocycles. The van der Waals surface area contributed by atoms with Crippen molar-refractivity contribution in [3.63, 3.8) is 0 Å². The van der Waals surface area contributed by atoms with E-state index in [4.69, 9.17) is 5.73 Å². The van der Waals surface area contributed by atoms with Crippen LogP contribution in [0.4, 0.5) is 14.9 Å². The van der Waals surface area contributed by atoms with E-state index in [1.807, 2.05) is 18.2 Å². The first-order chi connectivity index (χ1) is 17.5. The minimum atomic E-state index is -0.507. The van der Waals surface area contributed by atoms with Gasteiger partial charge in [-0.15, -0.1) is 0 Å². The number of amides is 3. The van der Waals surface area contributed by atoms with Crippen molar-refractivity contribution < 1.29 is 14.0 Å². The van der Waals surface area contributed by atoms with Crippen LogP contribution in [0.15, 0.2) is 91.3 Å². The molecule has 0 aliphatic rings. The van der Waals surface area contributed by atoms with Gasteiger partial charge >= 0.3 is 6.03 Å². The Balaban J connectivity index is 1.55. The predicted molar refractivity (Wildman–Crippen MR) is 138 cm³/mol. The molecule has 0 atom stereocenters. The first kappa shape index (κ1) is 24.2. The third-order valence-electron chi connectivity index (χ3n) is 5.37. The number of aromatic nitrogens is 1. The van der Waals surface area contributed by atoms with Crippen LogP contribution in [0.3, 0.4) is 0 Å². The van der Waals surface area contributed by atoms with E-state index in [1.54, 1.807) is 60.9 Å². The fraction of sp³-hybridized carbons (Fsp3) is 0.0690. The van der Waals surface area contributed by atoms with Gasteiger partial charge in [-0.2, -0.15) is 0 Å². The molecule has 3 amide bonds. The molecule has 0 saturated heterocycles. The number of pyridine rings is 1. The van der Waals surface area contributed by atoms with Gasteiger partial charge in [0.05, 0.1) is 0 Å².